The largest absolute Gasteiger partial charge is 0.357 e. The molecular weight excluding hydrogens is 600 g/mol. The van der Waals surface area contributed by atoms with Gasteiger partial charge < -0.3 is 25.3 Å². The predicted molar refractivity (Wildman–Crippen MR) is 171 cm³/mol. The van der Waals surface area contributed by atoms with E-state index in [9.17, 15) is 38.4 Å². The van der Waals surface area contributed by atoms with Crippen LogP contribution in [0.25, 0.3) is 0 Å². The second-order valence-electron chi connectivity index (χ2n) is 12.2. The summed E-state index contributed by atoms with van der Waals surface area (Å²) in [6, 6.07) is -7.35. The first-order valence-corrected chi connectivity index (χ1v) is 15.4. The third kappa shape index (κ3) is 12.6. The maximum Gasteiger partial charge on any atom is 0.333 e. The summed E-state index contributed by atoms with van der Waals surface area (Å²) in [6.45, 7) is 12.2. The van der Waals surface area contributed by atoms with Gasteiger partial charge in [-0.15, -0.1) is 0 Å². The number of carbonyl (C=O) groups is 8. The molecule has 0 spiro atoms. The number of imide groups is 3. The van der Waals surface area contributed by atoms with Crippen LogP contribution in [0.15, 0.2) is 0 Å². The van der Waals surface area contributed by atoms with Gasteiger partial charge in [-0.3, -0.25) is 34.6 Å². The summed E-state index contributed by atoms with van der Waals surface area (Å²) in [7, 11) is 6.81. The molecule has 0 unspecified atom stereocenters. The number of amides is 11. The third-order valence-electron chi connectivity index (χ3n) is 7.44. The van der Waals surface area contributed by atoms with Gasteiger partial charge in [-0.1, -0.05) is 34.6 Å². The van der Waals surface area contributed by atoms with Crippen LogP contribution in [0.1, 0.15) is 74.1 Å². The van der Waals surface area contributed by atoms with E-state index >= 15 is 0 Å². The van der Waals surface area contributed by atoms with Gasteiger partial charge in [-0.05, 0) is 44.9 Å². The van der Waals surface area contributed by atoms with E-state index in [0.29, 0.717) is 17.7 Å². The van der Waals surface area contributed by atoms with Crippen molar-refractivity contribution in [3.63, 3.8) is 0 Å². The maximum absolute atomic E-state index is 13.2. The predicted octanol–water partition coefficient (Wildman–Crippen LogP) is 1.10. The molecule has 46 heavy (non-hydrogen) atoms. The molecule has 0 fully saturated rings. The number of likely N-dealkylation sites (N-methyl/N-ethyl adjacent to an activating group) is 4. The monoisotopic (exact) mass is 654 g/mol. The molecule has 0 bridgehead atoms. The second kappa shape index (κ2) is 19.3. The molecule has 262 valence electrons. The average molecular weight is 655 g/mol. The lowest BCUT2D eigenvalue weighted by Crippen LogP contribution is -2.58. The molecular formula is C30H54N8O8. The lowest BCUT2D eigenvalue weighted by atomic mass is 10.0. The number of hydrogen-bond acceptors (Lipinski definition) is 8. The van der Waals surface area contributed by atoms with E-state index in [-0.39, 0.29) is 36.5 Å². The fourth-order valence-electron chi connectivity index (χ4n) is 4.46. The van der Waals surface area contributed by atoms with Gasteiger partial charge in [0.2, 0.25) is 23.6 Å². The van der Waals surface area contributed by atoms with Gasteiger partial charge in [0.15, 0.2) is 0 Å². The fraction of sp³-hybridized carbons (Fsp3) is 0.733. The van der Waals surface area contributed by atoms with Crippen molar-refractivity contribution in [2.24, 2.45) is 11.8 Å². The summed E-state index contributed by atoms with van der Waals surface area (Å²) in [5, 5.41) is 8.82. The number of hydrogen-bond donors (Lipinski definition) is 4. The summed E-state index contributed by atoms with van der Waals surface area (Å²) < 4.78 is 0. The zero-order chi connectivity index (χ0) is 36.0. The molecule has 16 heteroatoms. The third-order valence-corrected chi connectivity index (χ3v) is 7.44. The smallest absolute Gasteiger partial charge is 0.333 e. The minimum Gasteiger partial charge on any atom is -0.357 e. The van der Waals surface area contributed by atoms with Crippen LogP contribution >= 0.6 is 0 Å². The molecule has 0 saturated heterocycles. The molecule has 4 atom stereocenters. The van der Waals surface area contributed by atoms with E-state index in [2.05, 4.69) is 16.0 Å². The van der Waals surface area contributed by atoms with Crippen LogP contribution < -0.4 is 21.3 Å². The molecule has 0 aromatic carbocycles. The summed E-state index contributed by atoms with van der Waals surface area (Å²) in [6.07, 6.45) is 1.43. The van der Waals surface area contributed by atoms with Gasteiger partial charge in [0, 0.05) is 41.7 Å². The molecule has 0 aromatic rings. The highest BCUT2D eigenvalue weighted by Crippen LogP contribution is 2.15. The lowest BCUT2D eigenvalue weighted by molar-refractivity contribution is -0.147. The van der Waals surface area contributed by atoms with Gasteiger partial charge in [0.05, 0.1) is 0 Å². The van der Waals surface area contributed by atoms with E-state index < -0.39 is 60.0 Å². The first-order valence-electron chi connectivity index (χ1n) is 15.4. The van der Waals surface area contributed by atoms with E-state index in [1.165, 1.54) is 49.8 Å². The Bertz CT molecular complexity index is 1130. The first-order chi connectivity index (χ1) is 21.2. The van der Waals surface area contributed by atoms with Crippen molar-refractivity contribution in [1.82, 2.24) is 40.9 Å². The Kier molecular flexibility index (Phi) is 17.5. The highest BCUT2D eigenvalue weighted by Gasteiger charge is 2.35. The topological polar surface area (TPSA) is 198 Å². The molecule has 0 saturated carbocycles. The molecule has 11 amide bonds. The Morgan fingerprint density at radius 2 is 1.09 bits per heavy atom. The van der Waals surface area contributed by atoms with Crippen LogP contribution in [0.2, 0.25) is 0 Å². The van der Waals surface area contributed by atoms with Crippen LogP contribution in [-0.4, -0.2) is 127 Å². The number of urea groups is 3. The molecule has 0 radical (unpaired) electrons. The molecule has 0 aliphatic carbocycles. The average Bonchev–Trinajstić information content (AvgIpc) is 2.98. The molecule has 0 rings (SSSR count). The standard InChI is InChI=1S/C30H54N8O8/c1-13-14-23(39)35(9)20(7)27(43)37(11)22(16-18(4)5)25(41)33-29(45)38(12)30(46)34-28(44)32-19(6)26(42)36(10)21(15-17(2)3)24(40)31-8/h17-22H,13-16H2,1-12H3,(H,31,40)(H,33,41,45)(H2,32,34,44,46)/t19-,20+,21-,22-/m0/s1. The normalized spacial score (nSPS) is 13.4. The number of nitrogens with one attached hydrogen (secondary N) is 4. The van der Waals surface area contributed by atoms with Crippen molar-refractivity contribution in [2.75, 3.05) is 35.2 Å². The van der Waals surface area contributed by atoms with Crippen molar-refractivity contribution >= 4 is 47.6 Å². The van der Waals surface area contributed by atoms with Crippen molar-refractivity contribution in [3.8, 4) is 0 Å². The quantitative estimate of drug-likeness (QED) is 0.214. The number of rotatable bonds is 14. The molecule has 0 aromatic heterocycles. The Balaban J connectivity index is 5.46. The van der Waals surface area contributed by atoms with Gasteiger partial charge in [-0.2, -0.15) is 0 Å². The highest BCUT2D eigenvalue weighted by molar-refractivity contribution is 6.07. The van der Waals surface area contributed by atoms with E-state index in [1.54, 1.807) is 6.92 Å². The van der Waals surface area contributed by atoms with Gasteiger partial charge >= 0.3 is 18.1 Å². The van der Waals surface area contributed by atoms with Gasteiger partial charge in [0.25, 0.3) is 5.91 Å². The molecule has 0 aliphatic heterocycles. The highest BCUT2D eigenvalue weighted by atomic mass is 16.2. The van der Waals surface area contributed by atoms with Crippen LogP contribution in [0.3, 0.4) is 0 Å². The SMILES string of the molecule is CCCC(=O)N(C)[C@H](C)C(=O)N(C)[C@@H](CC(C)C)C(=O)NC(=O)N(C)C(=O)NC(=O)N[C@@H](C)C(=O)N(C)[C@@H](CC(C)C)C(=O)NC. The van der Waals surface area contributed by atoms with Crippen LogP contribution in [-0.2, 0) is 24.0 Å². The summed E-state index contributed by atoms with van der Waals surface area (Å²) in [5.74, 6) is -2.51. The second-order valence-corrected chi connectivity index (χ2v) is 12.2. The minimum absolute atomic E-state index is 0.0682. The zero-order valence-electron chi connectivity index (χ0n) is 29.3. The van der Waals surface area contributed by atoms with Crippen LogP contribution in [0.5, 0.6) is 0 Å². The first kappa shape index (κ1) is 41.8. The maximum atomic E-state index is 13.2. The molecule has 0 heterocycles. The Morgan fingerprint density at radius 3 is 1.54 bits per heavy atom. The van der Waals surface area contributed by atoms with E-state index in [0.717, 1.165) is 7.05 Å². The van der Waals surface area contributed by atoms with Crippen molar-refractivity contribution in [1.29, 1.82) is 0 Å². The number of carbonyl (C=O) groups excluding carboxylic acids is 8. The summed E-state index contributed by atoms with van der Waals surface area (Å²) in [4.78, 5) is 106. The Morgan fingerprint density at radius 1 is 0.630 bits per heavy atom. The summed E-state index contributed by atoms with van der Waals surface area (Å²) >= 11 is 0. The van der Waals surface area contributed by atoms with Crippen molar-refractivity contribution in [2.45, 2.75) is 98.3 Å². The molecule has 4 N–H and O–H groups in total. The van der Waals surface area contributed by atoms with E-state index in [4.69, 9.17) is 0 Å². The molecule has 16 nitrogen and oxygen atoms in total. The van der Waals surface area contributed by atoms with Gasteiger partial charge in [-0.25, -0.2) is 19.3 Å². The van der Waals surface area contributed by atoms with Crippen LogP contribution in [0, 0.1) is 11.8 Å². The molecule has 0 aliphatic rings. The van der Waals surface area contributed by atoms with Crippen molar-refractivity contribution in [3.05, 3.63) is 0 Å². The van der Waals surface area contributed by atoms with Crippen LogP contribution in [0.4, 0.5) is 14.4 Å². The Hall–Kier alpha value is -4.24. The minimum atomic E-state index is -1.20. The zero-order valence-corrected chi connectivity index (χ0v) is 29.3. The van der Waals surface area contributed by atoms with E-state index in [1.807, 2.05) is 39.9 Å². The Labute approximate surface area is 272 Å². The fourth-order valence-corrected chi connectivity index (χ4v) is 4.46. The lowest BCUT2D eigenvalue weighted by Gasteiger charge is -2.33. The number of nitrogens with zero attached hydrogens (tertiary/aromatic N) is 4. The van der Waals surface area contributed by atoms with Crippen molar-refractivity contribution < 1.29 is 38.4 Å². The van der Waals surface area contributed by atoms with Gasteiger partial charge in [0.1, 0.15) is 24.2 Å². The summed E-state index contributed by atoms with van der Waals surface area (Å²) in [5.41, 5.74) is 0.